The van der Waals surface area contributed by atoms with Crippen molar-refractivity contribution in [3.8, 4) is 0 Å². The van der Waals surface area contributed by atoms with Gasteiger partial charge in [0.25, 0.3) is 0 Å². The van der Waals surface area contributed by atoms with Crippen LogP contribution in [0.4, 0.5) is 0 Å². The van der Waals surface area contributed by atoms with Crippen molar-refractivity contribution in [3.63, 3.8) is 0 Å². The van der Waals surface area contributed by atoms with Gasteiger partial charge in [0.2, 0.25) is 0 Å². The van der Waals surface area contributed by atoms with Gasteiger partial charge in [-0.1, -0.05) is 0 Å². The Kier molecular flexibility index (Phi) is 19.1. The Labute approximate surface area is 92.8 Å². The van der Waals surface area contributed by atoms with Crippen LogP contribution in [0.5, 0.6) is 0 Å². The Morgan fingerprint density at radius 1 is 1.09 bits per heavy atom. The summed E-state index contributed by atoms with van der Waals surface area (Å²) in [5.41, 5.74) is 0. The van der Waals surface area contributed by atoms with Crippen LogP contribution in [-0.2, 0) is 13.3 Å². The van der Waals surface area contributed by atoms with Gasteiger partial charge < -0.3 is 25.3 Å². The molecule has 0 bridgehead atoms. The molecule has 0 aromatic rings. The summed E-state index contributed by atoms with van der Waals surface area (Å²) in [5, 5.41) is 0. The van der Waals surface area contributed by atoms with Gasteiger partial charge in [-0.3, -0.25) is 0 Å². The van der Waals surface area contributed by atoms with Crippen molar-refractivity contribution in [1.82, 2.24) is 0 Å². The van der Waals surface area contributed by atoms with E-state index in [1.165, 1.54) is 0 Å². The number of hydrogen-bond acceptors (Lipinski definition) is 6. The SMILES string of the molecule is O.O.O=P(=O)O[Si](O)(O)O.[CaH2]. The molecule has 0 atom stereocenters. The molecule has 0 saturated heterocycles. The third-order valence-corrected chi connectivity index (χ3v) is 1.77. The topological polar surface area (TPSA) is 167 Å². The van der Waals surface area contributed by atoms with Crippen LogP contribution in [0, 0.1) is 0 Å². The van der Waals surface area contributed by atoms with Crippen LogP contribution < -0.4 is 0 Å². The molecule has 0 amide bonds. The summed E-state index contributed by atoms with van der Waals surface area (Å²) in [7, 11) is -8.19. The van der Waals surface area contributed by atoms with Gasteiger partial charge in [-0.25, -0.2) is 13.3 Å². The molecule has 0 aromatic carbocycles. The van der Waals surface area contributed by atoms with Crippen LogP contribution in [0.3, 0.4) is 0 Å². The van der Waals surface area contributed by atoms with Gasteiger partial charge in [0.05, 0.1) is 0 Å². The summed E-state index contributed by atoms with van der Waals surface area (Å²) in [5.74, 6) is 0. The molecule has 7 N–H and O–H groups in total. The maximum atomic E-state index is 9.38. The van der Waals surface area contributed by atoms with E-state index in [1.807, 2.05) is 0 Å². The predicted octanol–water partition coefficient (Wildman–Crippen LogP) is -4.06. The molecular formula is H9CaO8PSi. The van der Waals surface area contributed by atoms with Crippen molar-refractivity contribution in [1.29, 1.82) is 0 Å². The third-order valence-electron chi connectivity index (χ3n) is 0.197. The Hall–Kier alpha value is 1.14. The normalized spacial score (nSPS) is 8.27. The molecule has 0 unspecified atom stereocenters. The minimum absolute atomic E-state index is 0. The van der Waals surface area contributed by atoms with Crippen LogP contribution in [0.25, 0.3) is 0 Å². The van der Waals surface area contributed by atoms with Crippen molar-refractivity contribution in [2.45, 2.75) is 0 Å². The van der Waals surface area contributed by atoms with Gasteiger partial charge in [-0.05, 0) is 0 Å². The fraction of sp³-hybridized carbons (Fsp3) is 0. The van der Waals surface area contributed by atoms with E-state index in [4.69, 9.17) is 14.4 Å². The average molecular weight is 236 g/mol. The van der Waals surface area contributed by atoms with E-state index in [2.05, 4.69) is 4.21 Å². The molecule has 0 heterocycles. The average Bonchev–Trinajstić information content (AvgIpc) is 1.21. The van der Waals surface area contributed by atoms with Crippen LogP contribution >= 0.6 is 7.91 Å². The molecule has 0 radical (unpaired) electrons. The summed E-state index contributed by atoms with van der Waals surface area (Å²) in [6.45, 7) is 0. The Morgan fingerprint density at radius 3 is 1.36 bits per heavy atom. The third kappa shape index (κ3) is 24.7. The first-order valence-corrected chi connectivity index (χ1v) is 4.27. The first-order chi connectivity index (χ1) is 3.42. The van der Waals surface area contributed by atoms with Crippen molar-refractivity contribution in [2.24, 2.45) is 0 Å². The number of rotatable bonds is 2. The Morgan fingerprint density at radius 2 is 1.36 bits per heavy atom. The second-order valence-electron chi connectivity index (χ2n) is 0.889. The molecule has 0 spiro atoms. The van der Waals surface area contributed by atoms with Crippen molar-refractivity contribution >= 4 is 54.7 Å². The standard InChI is InChI=1S/Ca.H3O6PSi.2H2O.2H/c;1-7(2)6-8(3,4)5;;;;/h;3-5H;2*1H2;;. The second kappa shape index (κ2) is 9.23. The van der Waals surface area contributed by atoms with Crippen molar-refractivity contribution < 1.29 is 38.7 Å². The van der Waals surface area contributed by atoms with E-state index in [9.17, 15) is 9.13 Å². The molecule has 0 aliphatic carbocycles. The molecule has 0 saturated carbocycles. The van der Waals surface area contributed by atoms with Gasteiger partial charge in [0.1, 0.15) is 0 Å². The van der Waals surface area contributed by atoms with Crippen LogP contribution in [0.2, 0.25) is 0 Å². The summed E-state index contributed by atoms with van der Waals surface area (Å²) in [6.07, 6.45) is 0. The molecule has 0 aromatic heterocycles. The van der Waals surface area contributed by atoms with E-state index < -0.39 is 17.0 Å². The molecule has 0 aliphatic rings. The summed E-state index contributed by atoms with van der Waals surface area (Å²) >= 11 is 0. The van der Waals surface area contributed by atoms with Crippen LogP contribution in [-0.4, -0.2) is 72.1 Å². The first kappa shape index (κ1) is 22.7. The van der Waals surface area contributed by atoms with Crippen LogP contribution in [0.1, 0.15) is 0 Å². The summed E-state index contributed by atoms with van der Waals surface area (Å²) in [4.78, 5) is 23.5. The molecule has 11 heavy (non-hydrogen) atoms. The fourth-order valence-corrected chi connectivity index (χ4v) is 0.900. The van der Waals surface area contributed by atoms with Gasteiger partial charge in [0, 0.05) is 0 Å². The molecule has 8 nitrogen and oxygen atoms in total. The zero-order chi connectivity index (χ0) is 6.78. The predicted molar refractivity (Wildman–Crippen MR) is 37.6 cm³/mol. The summed E-state index contributed by atoms with van der Waals surface area (Å²) in [6, 6.07) is 0. The number of hydrogen-bond donors (Lipinski definition) is 3. The van der Waals surface area contributed by atoms with Gasteiger partial charge >= 0.3 is 54.7 Å². The van der Waals surface area contributed by atoms with Gasteiger partial charge in [0.15, 0.2) is 0 Å². The maximum absolute atomic E-state index is 9.38. The van der Waals surface area contributed by atoms with E-state index >= 15 is 0 Å². The minimum atomic E-state index is -4.82. The van der Waals surface area contributed by atoms with Gasteiger partial charge in [-0.2, -0.15) is 0 Å². The molecule has 0 rings (SSSR count). The monoisotopic (exact) mass is 236 g/mol. The molecule has 0 fully saturated rings. The zero-order valence-corrected chi connectivity index (χ0v) is 6.41. The molecule has 0 aliphatic heterocycles. The second-order valence-corrected chi connectivity index (χ2v) is 3.21. The zero-order valence-electron chi connectivity index (χ0n) is 4.51. The quantitative estimate of drug-likeness (QED) is 0.325. The molecule has 11 heteroatoms. The van der Waals surface area contributed by atoms with Crippen molar-refractivity contribution in [2.75, 3.05) is 0 Å². The summed E-state index contributed by atoms with van der Waals surface area (Å²) < 4.78 is 22.0. The van der Waals surface area contributed by atoms with Crippen LogP contribution in [0.15, 0.2) is 0 Å². The van der Waals surface area contributed by atoms with E-state index in [0.717, 1.165) is 0 Å². The van der Waals surface area contributed by atoms with Gasteiger partial charge in [-0.15, -0.1) is 0 Å². The molecule has 68 valence electrons. The Bertz CT molecular complexity index is 126. The molecular weight excluding hydrogens is 227 g/mol. The van der Waals surface area contributed by atoms with Crippen molar-refractivity contribution in [3.05, 3.63) is 0 Å². The fourth-order valence-electron chi connectivity index (χ4n) is 0.100. The first-order valence-electron chi connectivity index (χ1n) is 1.42. The van der Waals surface area contributed by atoms with E-state index in [-0.39, 0.29) is 48.7 Å². The van der Waals surface area contributed by atoms with E-state index in [1.54, 1.807) is 0 Å². The van der Waals surface area contributed by atoms with E-state index in [0.29, 0.717) is 0 Å². The Balaban J connectivity index is -0.0000000817.